The van der Waals surface area contributed by atoms with E-state index in [9.17, 15) is 21.9 Å². The summed E-state index contributed by atoms with van der Waals surface area (Å²) in [5.41, 5.74) is 0.378. The van der Waals surface area contributed by atoms with Gasteiger partial charge in [-0.1, -0.05) is 6.07 Å². The number of rotatable bonds is 11. The smallest absolute Gasteiger partial charge is 0.243 e. The Morgan fingerprint density at radius 2 is 1.87 bits per heavy atom. The molecule has 0 amide bonds. The van der Waals surface area contributed by atoms with Gasteiger partial charge in [-0.15, -0.1) is 0 Å². The summed E-state index contributed by atoms with van der Waals surface area (Å²) in [4.78, 5) is 0.344. The minimum atomic E-state index is -3.61. The highest BCUT2D eigenvalue weighted by Crippen LogP contribution is 2.37. The van der Waals surface area contributed by atoms with Crippen molar-refractivity contribution in [3.63, 3.8) is 0 Å². The fourth-order valence-corrected chi connectivity index (χ4v) is 7.31. The molecular formula is C26H37N3O8S2. The normalized spacial score (nSPS) is 20.7. The fraction of sp³-hybridized carbons (Fsp3) is 0.538. The van der Waals surface area contributed by atoms with E-state index >= 15 is 0 Å². The lowest BCUT2D eigenvalue weighted by Gasteiger charge is -2.38. The predicted molar refractivity (Wildman–Crippen MR) is 145 cm³/mol. The number of piperidine rings is 1. The molecule has 2 heterocycles. The first-order valence-electron chi connectivity index (χ1n) is 12.8. The summed E-state index contributed by atoms with van der Waals surface area (Å²) in [6.07, 6.45) is 1.10. The predicted octanol–water partition coefficient (Wildman–Crippen LogP) is 1.25. The second-order valence-electron chi connectivity index (χ2n) is 9.99. The Kier molecular flexibility index (Phi) is 9.21. The van der Waals surface area contributed by atoms with Crippen molar-refractivity contribution in [2.45, 2.75) is 53.7 Å². The lowest BCUT2D eigenvalue weighted by atomic mass is 9.88. The summed E-state index contributed by atoms with van der Waals surface area (Å²) in [6.45, 7) is 3.31. The molecule has 2 aliphatic rings. The average Bonchev–Trinajstić information content (AvgIpc) is 3.33. The number of hydrogen-bond donors (Lipinski definition) is 3. The van der Waals surface area contributed by atoms with E-state index in [1.165, 1.54) is 23.5 Å². The number of aliphatic hydroxyl groups is 1. The van der Waals surface area contributed by atoms with Gasteiger partial charge in [-0.3, -0.25) is 0 Å². The van der Waals surface area contributed by atoms with Crippen LogP contribution in [0.1, 0.15) is 24.8 Å². The number of nitrogens with one attached hydrogen (secondary N) is 2. The van der Waals surface area contributed by atoms with Crippen LogP contribution in [0.5, 0.6) is 11.5 Å². The maximum atomic E-state index is 13.2. The van der Waals surface area contributed by atoms with Gasteiger partial charge in [-0.05, 0) is 69.1 Å². The summed E-state index contributed by atoms with van der Waals surface area (Å²) in [6, 6.07) is 11.0. The van der Waals surface area contributed by atoms with Gasteiger partial charge in [0.1, 0.15) is 24.2 Å². The van der Waals surface area contributed by atoms with Gasteiger partial charge in [0.15, 0.2) is 0 Å². The molecule has 4 rings (SSSR count). The molecule has 3 N–H and O–H groups in total. The summed E-state index contributed by atoms with van der Waals surface area (Å²) in [7, 11) is -4.30. The number of aryl methyl sites for hydroxylation is 1. The average molecular weight is 584 g/mol. The highest BCUT2D eigenvalue weighted by atomic mass is 32.2. The van der Waals surface area contributed by atoms with Crippen molar-refractivity contribution < 1.29 is 36.2 Å². The number of aliphatic hydroxyl groups excluding tert-OH is 1. The van der Waals surface area contributed by atoms with Crippen molar-refractivity contribution in [2.75, 3.05) is 47.0 Å². The maximum Gasteiger partial charge on any atom is 0.243 e. The van der Waals surface area contributed by atoms with E-state index in [1.54, 1.807) is 37.4 Å². The van der Waals surface area contributed by atoms with Crippen molar-refractivity contribution in [1.82, 2.24) is 14.3 Å². The quantitative estimate of drug-likeness (QED) is 0.356. The first-order chi connectivity index (χ1) is 18.5. The number of methoxy groups -OCH3 is 1. The van der Waals surface area contributed by atoms with Crippen LogP contribution in [0.3, 0.4) is 0 Å². The second kappa shape index (κ2) is 12.1. The molecule has 2 atom stereocenters. The number of sulfonamides is 2. The Bertz CT molecular complexity index is 1360. The molecule has 2 saturated heterocycles. The molecule has 1 unspecified atom stereocenters. The molecule has 2 fully saturated rings. The van der Waals surface area contributed by atoms with Crippen molar-refractivity contribution >= 4 is 20.0 Å². The number of nitrogens with zero attached hydrogens (tertiary/aromatic N) is 1. The zero-order valence-corrected chi connectivity index (χ0v) is 24.1. The summed E-state index contributed by atoms with van der Waals surface area (Å²) >= 11 is 0. The van der Waals surface area contributed by atoms with Crippen LogP contribution in [0.25, 0.3) is 0 Å². The van der Waals surface area contributed by atoms with Gasteiger partial charge in [0.25, 0.3) is 0 Å². The first-order valence-corrected chi connectivity index (χ1v) is 15.8. The van der Waals surface area contributed by atoms with Gasteiger partial charge in [0.05, 0.1) is 29.1 Å². The zero-order chi connectivity index (χ0) is 28.3. The molecule has 39 heavy (non-hydrogen) atoms. The topological polar surface area (TPSA) is 144 Å². The lowest BCUT2D eigenvalue weighted by Crippen LogP contribution is -2.47. The Morgan fingerprint density at radius 3 is 2.54 bits per heavy atom. The first kappa shape index (κ1) is 29.7. The van der Waals surface area contributed by atoms with Crippen LogP contribution >= 0.6 is 0 Å². The minimum absolute atomic E-state index is 0.00751. The largest absolute Gasteiger partial charge is 0.496 e. The molecule has 1 spiro atoms. The molecule has 0 aromatic heterocycles. The number of ether oxygens (including phenoxy) is 3. The summed E-state index contributed by atoms with van der Waals surface area (Å²) in [5.74, 6) is 0.996. The van der Waals surface area contributed by atoms with E-state index in [1.807, 2.05) is 6.92 Å². The third-order valence-electron chi connectivity index (χ3n) is 7.32. The van der Waals surface area contributed by atoms with E-state index in [0.717, 1.165) is 12.0 Å². The summed E-state index contributed by atoms with van der Waals surface area (Å²) in [5, 5.41) is 13.7. The second-order valence-corrected chi connectivity index (χ2v) is 13.8. The summed E-state index contributed by atoms with van der Waals surface area (Å²) < 4.78 is 71.1. The van der Waals surface area contributed by atoms with Crippen LogP contribution in [0.4, 0.5) is 0 Å². The highest BCUT2D eigenvalue weighted by Gasteiger charge is 2.44. The fourth-order valence-electron chi connectivity index (χ4n) is 5.02. The molecule has 0 radical (unpaired) electrons. The van der Waals surface area contributed by atoms with E-state index in [0.29, 0.717) is 44.0 Å². The van der Waals surface area contributed by atoms with Crippen LogP contribution in [-0.2, 0) is 24.8 Å². The van der Waals surface area contributed by atoms with Crippen molar-refractivity contribution in [1.29, 1.82) is 0 Å². The Morgan fingerprint density at radius 1 is 1.13 bits per heavy atom. The Hall–Kier alpha value is -2.26. The van der Waals surface area contributed by atoms with Gasteiger partial charge in [-0.25, -0.2) is 21.6 Å². The standard InChI is InChI=1S/C26H37N3O8S2/c1-19-13-24(7-8-25(19)35-3)39(33,34)29-11-9-26(10-12-29)15-20(17-37-26)28-16-21(30)18-36-22-5-4-6-23(14-22)38(31,32)27-2/h4-8,13-14,20-21,27-28,30H,9-12,15-18H2,1-3H3/t20-,21?/m0/s1. The molecule has 216 valence electrons. The van der Waals surface area contributed by atoms with E-state index < -0.39 is 26.2 Å². The van der Waals surface area contributed by atoms with E-state index in [-0.39, 0.29) is 34.6 Å². The maximum absolute atomic E-state index is 13.2. The minimum Gasteiger partial charge on any atom is -0.496 e. The number of hydrogen-bond acceptors (Lipinski definition) is 9. The lowest BCUT2D eigenvalue weighted by molar-refractivity contribution is -0.0312. The van der Waals surface area contributed by atoms with Crippen molar-refractivity contribution in [3.8, 4) is 11.5 Å². The molecule has 13 heteroatoms. The third-order valence-corrected chi connectivity index (χ3v) is 10.6. The van der Waals surface area contributed by atoms with Crippen LogP contribution in [0.2, 0.25) is 0 Å². The molecule has 2 aromatic rings. The van der Waals surface area contributed by atoms with Gasteiger partial charge in [0, 0.05) is 31.7 Å². The molecule has 0 saturated carbocycles. The SMILES string of the molecule is CNS(=O)(=O)c1cccc(OCC(O)CN[C@@H]2COC3(CCN(S(=O)(=O)c4ccc(OC)c(C)c4)CC3)C2)c1. The van der Waals surface area contributed by atoms with Crippen LogP contribution in [-0.4, -0.2) is 91.0 Å². The van der Waals surface area contributed by atoms with Crippen molar-refractivity contribution in [2.24, 2.45) is 0 Å². The highest BCUT2D eigenvalue weighted by molar-refractivity contribution is 7.89. The monoisotopic (exact) mass is 583 g/mol. The Labute approximate surface area is 230 Å². The molecular weight excluding hydrogens is 546 g/mol. The van der Waals surface area contributed by atoms with Gasteiger partial charge in [-0.2, -0.15) is 4.31 Å². The zero-order valence-electron chi connectivity index (χ0n) is 22.4. The third kappa shape index (κ3) is 6.91. The van der Waals surface area contributed by atoms with Gasteiger partial charge in [0.2, 0.25) is 20.0 Å². The molecule has 2 aromatic carbocycles. The van der Waals surface area contributed by atoms with Crippen LogP contribution in [0, 0.1) is 6.92 Å². The molecule has 0 aliphatic carbocycles. The van der Waals surface area contributed by atoms with Crippen LogP contribution < -0.4 is 19.5 Å². The molecule has 0 bridgehead atoms. The molecule has 2 aliphatic heterocycles. The van der Waals surface area contributed by atoms with Crippen molar-refractivity contribution in [3.05, 3.63) is 48.0 Å². The Balaban J connectivity index is 1.24. The number of benzene rings is 2. The van der Waals surface area contributed by atoms with Crippen LogP contribution in [0.15, 0.2) is 52.3 Å². The van der Waals surface area contributed by atoms with E-state index in [2.05, 4.69) is 10.0 Å². The van der Waals surface area contributed by atoms with E-state index in [4.69, 9.17) is 14.2 Å². The molecule has 11 nitrogen and oxygen atoms in total. The van der Waals surface area contributed by atoms with Gasteiger partial charge < -0.3 is 24.6 Å². The van der Waals surface area contributed by atoms with Gasteiger partial charge >= 0.3 is 0 Å².